The number of aromatic nitrogens is 2. The molecule has 28 heavy (non-hydrogen) atoms. The number of para-hydroxylation sites is 1. The van der Waals surface area contributed by atoms with Gasteiger partial charge in [0.05, 0.1) is 28.7 Å². The van der Waals surface area contributed by atoms with Crippen molar-refractivity contribution in [2.24, 2.45) is 0 Å². The summed E-state index contributed by atoms with van der Waals surface area (Å²) < 4.78 is 6.34. The molecule has 0 bridgehead atoms. The van der Waals surface area contributed by atoms with Crippen LogP contribution in [0.4, 0.5) is 10.8 Å². The van der Waals surface area contributed by atoms with E-state index in [-0.39, 0.29) is 5.91 Å². The monoisotopic (exact) mass is 407 g/mol. The van der Waals surface area contributed by atoms with E-state index in [1.54, 1.807) is 30.3 Å². The Kier molecular flexibility index (Phi) is 5.18. The molecule has 2 aromatic carbocycles. The number of nitrogens with zero attached hydrogens (tertiary/aromatic N) is 3. The third-order valence-electron chi connectivity index (χ3n) is 4.04. The van der Waals surface area contributed by atoms with Crippen LogP contribution >= 0.6 is 22.7 Å². The molecule has 4 rings (SSSR count). The molecule has 7 heteroatoms. The zero-order valence-corrected chi connectivity index (χ0v) is 17.0. The van der Waals surface area contributed by atoms with E-state index in [1.165, 1.54) is 11.3 Å². The second-order valence-electron chi connectivity index (χ2n) is 5.96. The largest absolute Gasteiger partial charge is 0.497 e. The standard InChI is InChI=1S/C21H17N3O2S2/c1-14(25)24(16-6-4-3-5-7-16)21-22-15(13-27-21)8-11-20-23-18-10-9-17(26-2)12-19(18)28-20/h3-13H,1-2H3/b11-8+. The molecule has 0 saturated heterocycles. The molecular weight excluding hydrogens is 390 g/mol. The minimum absolute atomic E-state index is 0.0730. The maximum absolute atomic E-state index is 12.1. The molecule has 140 valence electrons. The number of benzene rings is 2. The Morgan fingerprint density at radius 1 is 1.11 bits per heavy atom. The van der Waals surface area contributed by atoms with E-state index in [0.29, 0.717) is 5.13 Å². The molecule has 0 saturated carbocycles. The second-order valence-corrected chi connectivity index (χ2v) is 7.86. The smallest absolute Gasteiger partial charge is 0.230 e. The molecule has 5 nitrogen and oxygen atoms in total. The lowest BCUT2D eigenvalue weighted by atomic mass is 10.3. The van der Waals surface area contributed by atoms with Crippen molar-refractivity contribution in [2.75, 3.05) is 12.0 Å². The van der Waals surface area contributed by atoms with Gasteiger partial charge in [-0.3, -0.25) is 9.69 Å². The number of carbonyl (C=O) groups is 1. The molecule has 0 unspecified atom stereocenters. The van der Waals surface area contributed by atoms with Crippen molar-refractivity contribution in [1.82, 2.24) is 9.97 Å². The number of anilines is 2. The summed E-state index contributed by atoms with van der Waals surface area (Å²) in [7, 11) is 1.66. The first-order chi connectivity index (χ1) is 13.6. The fraction of sp³-hybridized carbons (Fsp3) is 0.0952. The fourth-order valence-electron chi connectivity index (χ4n) is 2.74. The van der Waals surface area contributed by atoms with Crippen LogP contribution in [0.5, 0.6) is 5.75 Å². The second kappa shape index (κ2) is 7.92. The van der Waals surface area contributed by atoms with E-state index in [0.717, 1.165) is 32.4 Å². The minimum Gasteiger partial charge on any atom is -0.497 e. The molecule has 2 heterocycles. The van der Waals surface area contributed by atoms with Crippen LogP contribution in [-0.4, -0.2) is 23.0 Å². The summed E-state index contributed by atoms with van der Waals surface area (Å²) in [5.41, 5.74) is 2.54. The molecule has 0 aliphatic rings. The number of hydrogen-bond acceptors (Lipinski definition) is 6. The van der Waals surface area contributed by atoms with Crippen molar-refractivity contribution in [1.29, 1.82) is 0 Å². The summed E-state index contributed by atoms with van der Waals surface area (Å²) in [6, 6.07) is 15.4. The fourth-order valence-corrected chi connectivity index (χ4v) is 4.49. The summed E-state index contributed by atoms with van der Waals surface area (Å²) >= 11 is 3.03. The van der Waals surface area contributed by atoms with Gasteiger partial charge in [0.15, 0.2) is 5.13 Å². The Morgan fingerprint density at radius 3 is 2.68 bits per heavy atom. The number of amides is 1. The maximum atomic E-state index is 12.1. The minimum atomic E-state index is -0.0730. The van der Waals surface area contributed by atoms with Crippen LogP contribution in [0.2, 0.25) is 0 Å². The van der Waals surface area contributed by atoms with Crippen LogP contribution in [0.15, 0.2) is 53.9 Å². The van der Waals surface area contributed by atoms with Crippen LogP contribution in [0.1, 0.15) is 17.6 Å². The quantitative estimate of drug-likeness (QED) is 0.431. The third kappa shape index (κ3) is 3.81. The highest BCUT2D eigenvalue weighted by Gasteiger charge is 2.17. The number of methoxy groups -OCH3 is 1. The highest BCUT2D eigenvalue weighted by atomic mass is 32.1. The lowest BCUT2D eigenvalue weighted by Gasteiger charge is -2.17. The normalized spacial score (nSPS) is 11.2. The van der Waals surface area contributed by atoms with Crippen molar-refractivity contribution in [3.8, 4) is 5.75 Å². The number of carbonyl (C=O) groups excluding carboxylic acids is 1. The Hall–Kier alpha value is -3.03. The van der Waals surface area contributed by atoms with Crippen molar-refractivity contribution in [3.63, 3.8) is 0 Å². The molecule has 4 aromatic rings. The SMILES string of the molecule is COc1ccc2nc(/C=C/c3csc(N(C(C)=O)c4ccccc4)n3)sc2c1. The average molecular weight is 408 g/mol. The summed E-state index contributed by atoms with van der Waals surface area (Å²) in [6.07, 6.45) is 3.86. The Morgan fingerprint density at radius 2 is 1.93 bits per heavy atom. The van der Waals surface area contributed by atoms with Gasteiger partial charge in [0.25, 0.3) is 0 Å². The van der Waals surface area contributed by atoms with Gasteiger partial charge in [-0.25, -0.2) is 9.97 Å². The van der Waals surface area contributed by atoms with Gasteiger partial charge in [-0.2, -0.15) is 0 Å². The van der Waals surface area contributed by atoms with Gasteiger partial charge >= 0.3 is 0 Å². The van der Waals surface area contributed by atoms with E-state index >= 15 is 0 Å². The summed E-state index contributed by atoms with van der Waals surface area (Å²) in [6.45, 7) is 1.54. The first kappa shape index (κ1) is 18.3. The Bertz CT molecular complexity index is 1150. The summed E-state index contributed by atoms with van der Waals surface area (Å²) in [4.78, 5) is 23.0. The summed E-state index contributed by atoms with van der Waals surface area (Å²) in [5, 5.41) is 3.47. The van der Waals surface area contributed by atoms with E-state index in [2.05, 4.69) is 9.97 Å². The van der Waals surface area contributed by atoms with Crippen LogP contribution in [0.25, 0.3) is 22.4 Å². The van der Waals surface area contributed by atoms with Gasteiger partial charge in [0.1, 0.15) is 10.8 Å². The van der Waals surface area contributed by atoms with Gasteiger partial charge in [0.2, 0.25) is 5.91 Å². The van der Waals surface area contributed by atoms with Crippen molar-refractivity contribution >= 4 is 61.8 Å². The molecule has 1 amide bonds. The third-order valence-corrected chi connectivity index (χ3v) is 5.87. The number of ether oxygens (including phenoxy) is 1. The highest BCUT2D eigenvalue weighted by Crippen LogP contribution is 2.30. The van der Waals surface area contributed by atoms with Crippen LogP contribution in [0, 0.1) is 0 Å². The van der Waals surface area contributed by atoms with E-state index < -0.39 is 0 Å². The van der Waals surface area contributed by atoms with Crippen molar-refractivity contribution in [2.45, 2.75) is 6.92 Å². The zero-order valence-electron chi connectivity index (χ0n) is 15.3. The van der Waals surface area contributed by atoms with E-state index in [9.17, 15) is 4.79 Å². The van der Waals surface area contributed by atoms with E-state index in [4.69, 9.17) is 4.74 Å². The first-order valence-electron chi connectivity index (χ1n) is 8.58. The van der Waals surface area contributed by atoms with Crippen LogP contribution < -0.4 is 9.64 Å². The average Bonchev–Trinajstić information content (AvgIpc) is 3.33. The predicted molar refractivity (Wildman–Crippen MR) is 116 cm³/mol. The molecule has 2 aromatic heterocycles. The molecular formula is C21H17N3O2S2. The molecule has 0 atom stereocenters. The number of rotatable bonds is 5. The van der Waals surface area contributed by atoms with Gasteiger partial charge in [0, 0.05) is 12.3 Å². The van der Waals surface area contributed by atoms with Crippen LogP contribution in [0.3, 0.4) is 0 Å². The van der Waals surface area contributed by atoms with Gasteiger partial charge < -0.3 is 4.74 Å². The van der Waals surface area contributed by atoms with Gasteiger partial charge in [-0.05, 0) is 42.5 Å². The number of hydrogen-bond donors (Lipinski definition) is 0. The molecule has 0 N–H and O–H groups in total. The Balaban J connectivity index is 1.58. The first-order valence-corrected chi connectivity index (χ1v) is 10.3. The maximum Gasteiger partial charge on any atom is 0.230 e. The number of thiazole rings is 2. The lowest BCUT2D eigenvalue weighted by molar-refractivity contribution is -0.115. The molecule has 0 spiro atoms. The summed E-state index contributed by atoms with van der Waals surface area (Å²) in [5.74, 6) is 0.747. The Labute approximate surface area is 170 Å². The van der Waals surface area contributed by atoms with E-state index in [1.807, 2.05) is 66.1 Å². The van der Waals surface area contributed by atoms with Crippen LogP contribution in [-0.2, 0) is 4.79 Å². The molecule has 0 fully saturated rings. The molecule has 0 aliphatic carbocycles. The highest BCUT2D eigenvalue weighted by molar-refractivity contribution is 7.19. The van der Waals surface area contributed by atoms with Gasteiger partial charge in [-0.15, -0.1) is 22.7 Å². The van der Waals surface area contributed by atoms with Gasteiger partial charge in [-0.1, -0.05) is 18.2 Å². The molecule has 0 aliphatic heterocycles. The van der Waals surface area contributed by atoms with Crippen molar-refractivity contribution < 1.29 is 9.53 Å². The zero-order chi connectivity index (χ0) is 19.5. The number of fused-ring (bicyclic) bond motifs is 1. The predicted octanol–water partition coefficient (Wildman–Crippen LogP) is 5.62. The topological polar surface area (TPSA) is 55.3 Å². The molecule has 0 radical (unpaired) electrons. The lowest BCUT2D eigenvalue weighted by Crippen LogP contribution is -2.22. The van der Waals surface area contributed by atoms with Crippen molar-refractivity contribution in [3.05, 3.63) is 64.6 Å².